The van der Waals surface area contributed by atoms with Crippen molar-refractivity contribution < 1.29 is 9.67 Å². The Hall–Kier alpha value is -0.630. The summed E-state index contributed by atoms with van der Waals surface area (Å²) in [5, 5.41) is 9.77. The molecule has 0 spiro atoms. The summed E-state index contributed by atoms with van der Waals surface area (Å²) in [6.45, 7) is 3.44. The summed E-state index contributed by atoms with van der Waals surface area (Å²) < 4.78 is 12.0. The Labute approximate surface area is 90.7 Å². The van der Waals surface area contributed by atoms with E-state index in [0.29, 0.717) is 6.42 Å². The van der Waals surface area contributed by atoms with Crippen molar-refractivity contribution in [1.29, 1.82) is 0 Å². The van der Waals surface area contributed by atoms with Crippen LogP contribution in [0, 0.1) is 0 Å². The van der Waals surface area contributed by atoms with E-state index in [-0.39, 0.29) is 12.6 Å². The maximum absolute atomic E-state index is 12.0. The molecule has 0 aliphatic heterocycles. The zero-order chi connectivity index (χ0) is 11.5. The van der Waals surface area contributed by atoms with Crippen molar-refractivity contribution in [2.45, 2.75) is 12.5 Å². The van der Waals surface area contributed by atoms with Crippen LogP contribution in [0.1, 0.15) is 5.56 Å². The molecule has 0 radical (unpaired) electrons. The topological polar surface area (TPSA) is 63.3 Å². The highest BCUT2D eigenvalue weighted by atomic mass is 31.2. The molecule has 0 aromatic heterocycles. The summed E-state index contributed by atoms with van der Waals surface area (Å²) in [7, 11) is -2.26. The van der Waals surface area contributed by atoms with Crippen LogP contribution in [0.3, 0.4) is 0 Å². The molecule has 0 saturated heterocycles. The first-order chi connectivity index (χ1) is 6.95. The summed E-state index contributed by atoms with van der Waals surface area (Å²) in [6.07, 6.45) is 0.568. The number of nitrogens with two attached hydrogens (primary N) is 1. The predicted molar refractivity (Wildman–Crippen MR) is 64.3 cm³/mol. The molecule has 0 amide bonds. The molecule has 15 heavy (non-hydrogen) atoms. The molecule has 0 aliphatic rings. The van der Waals surface area contributed by atoms with Gasteiger partial charge in [-0.1, -0.05) is 24.3 Å². The number of benzene rings is 1. The van der Waals surface area contributed by atoms with Gasteiger partial charge in [-0.3, -0.25) is 0 Å². The second-order valence-corrected chi connectivity index (χ2v) is 7.31. The first kappa shape index (κ1) is 12.4. The van der Waals surface area contributed by atoms with Crippen LogP contribution >= 0.6 is 7.14 Å². The van der Waals surface area contributed by atoms with Crippen molar-refractivity contribution >= 4 is 12.4 Å². The summed E-state index contributed by atoms with van der Waals surface area (Å²) in [6, 6.07) is 7.30. The van der Waals surface area contributed by atoms with Crippen LogP contribution < -0.4 is 11.0 Å². The Morgan fingerprint density at radius 2 is 2.00 bits per heavy atom. The number of rotatable bonds is 4. The Balaban J connectivity index is 3.02. The Bertz CT molecular complexity index is 373. The molecular formula is C11H18NO2P. The van der Waals surface area contributed by atoms with E-state index < -0.39 is 7.14 Å². The quantitative estimate of drug-likeness (QED) is 0.748. The highest BCUT2D eigenvalue weighted by Gasteiger charge is 2.16. The zero-order valence-electron chi connectivity index (χ0n) is 9.18. The smallest absolute Gasteiger partial charge is 0.110 e. The van der Waals surface area contributed by atoms with Crippen LogP contribution in [0.25, 0.3) is 0 Å². The second kappa shape index (κ2) is 4.93. The van der Waals surface area contributed by atoms with Crippen molar-refractivity contribution in [2.24, 2.45) is 5.73 Å². The third-order valence-corrected chi connectivity index (χ3v) is 3.88. The number of aliphatic hydroxyl groups excluding tert-OH is 1. The van der Waals surface area contributed by atoms with Gasteiger partial charge in [-0.15, -0.1) is 0 Å². The summed E-state index contributed by atoms with van der Waals surface area (Å²) in [5.74, 6) is 0. The highest BCUT2D eigenvalue weighted by molar-refractivity contribution is 7.70. The monoisotopic (exact) mass is 227 g/mol. The molecule has 1 unspecified atom stereocenters. The maximum Gasteiger partial charge on any atom is 0.110 e. The van der Waals surface area contributed by atoms with Crippen LogP contribution in [0.4, 0.5) is 0 Å². The van der Waals surface area contributed by atoms with E-state index in [1.165, 1.54) is 0 Å². The Morgan fingerprint density at radius 3 is 2.53 bits per heavy atom. The van der Waals surface area contributed by atoms with Gasteiger partial charge in [0, 0.05) is 11.3 Å². The van der Waals surface area contributed by atoms with Crippen molar-refractivity contribution in [1.82, 2.24) is 0 Å². The van der Waals surface area contributed by atoms with Gasteiger partial charge in [0.25, 0.3) is 0 Å². The lowest BCUT2D eigenvalue weighted by atomic mass is 10.1. The SMILES string of the molecule is CP(C)(=O)c1ccccc1CC(N)CO. The molecule has 1 rings (SSSR count). The fourth-order valence-electron chi connectivity index (χ4n) is 1.56. The third kappa shape index (κ3) is 3.45. The maximum atomic E-state index is 12.0. The van der Waals surface area contributed by atoms with Gasteiger partial charge in [0.1, 0.15) is 7.14 Å². The van der Waals surface area contributed by atoms with E-state index in [1.54, 1.807) is 13.3 Å². The zero-order valence-corrected chi connectivity index (χ0v) is 10.1. The summed E-state index contributed by atoms with van der Waals surface area (Å²) >= 11 is 0. The average molecular weight is 227 g/mol. The number of aliphatic hydroxyl groups is 1. The third-order valence-electron chi connectivity index (χ3n) is 2.29. The van der Waals surface area contributed by atoms with Crippen LogP contribution in [0.2, 0.25) is 0 Å². The van der Waals surface area contributed by atoms with Crippen LogP contribution in [0.5, 0.6) is 0 Å². The van der Waals surface area contributed by atoms with Gasteiger partial charge in [-0.05, 0) is 25.3 Å². The highest BCUT2D eigenvalue weighted by Crippen LogP contribution is 2.36. The fourth-order valence-corrected chi connectivity index (χ4v) is 2.86. The van der Waals surface area contributed by atoms with Crippen molar-refractivity contribution in [2.75, 3.05) is 19.9 Å². The lowest BCUT2D eigenvalue weighted by Gasteiger charge is -2.15. The van der Waals surface area contributed by atoms with Crippen molar-refractivity contribution in [3.63, 3.8) is 0 Å². The minimum absolute atomic E-state index is 0.0495. The molecule has 0 bridgehead atoms. The first-order valence-corrected chi connectivity index (χ1v) is 7.55. The van der Waals surface area contributed by atoms with Crippen LogP contribution in [-0.4, -0.2) is 31.1 Å². The number of hydrogen-bond donors (Lipinski definition) is 2. The summed E-state index contributed by atoms with van der Waals surface area (Å²) in [5.41, 5.74) is 6.66. The van der Waals surface area contributed by atoms with E-state index in [1.807, 2.05) is 24.3 Å². The largest absolute Gasteiger partial charge is 0.395 e. The van der Waals surface area contributed by atoms with Gasteiger partial charge in [0.2, 0.25) is 0 Å². The van der Waals surface area contributed by atoms with E-state index in [2.05, 4.69) is 0 Å². The lowest BCUT2D eigenvalue weighted by Crippen LogP contribution is -2.29. The fraction of sp³-hybridized carbons (Fsp3) is 0.455. The van der Waals surface area contributed by atoms with E-state index >= 15 is 0 Å². The van der Waals surface area contributed by atoms with Gasteiger partial charge in [-0.25, -0.2) is 0 Å². The average Bonchev–Trinajstić information content (AvgIpc) is 2.17. The molecule has 0 saturated carbocycles. The van der Waals surface area contributed by atoms with Gasteiger partial charge in [0.05, 0.1) is 6.61 Å². The predicted octanol–water partition coefficient (Wildman–Crippen LogP) is 0.797. The number of hydrogen-bond acceptors (Lipinski definition) is 3. The minimum atomic E-state index is -2.26. The molecule has 1 atom stereocenters. The van der Waals surface area contributed by atoms with Crippen molar-refractivity contribution in [3.05, 3.63) is 29.8 Å². The molecule has 3 N–H and O–H groups in total. The van der Waals surface area contributed by atoms with Crippen LogP contribution in [0.15, 0.2) is 24.3 Å². The Kier molecular flexibility index (Phi) is 4.09. The minimum Gasteiger partial charge on any atom is -0.395 e. The van der Waals surface area contributed by atoms with Crippen molar-refractivity contribution in [3.8, 4) is 0 Å². The normalized spacial score (nSPS) is 13.9. The van der Waals surface area contributed by atoms with E-state index in [0.717, 1.165) is 10.9 Å². The lowest BCUT2D eigenvalue weighted by molar-refractivity contribution is 0.265. The summed E-state index contributed by atoms with van der Waals surface area (Å²) in [4.78, 5) is 0. The molecule has 1 aromatic rings. The van der Waals surface area contributed by atoms with Gasteiger partial charge in [-0.2, -0.15) is 0 Å². The van der Waals surface area contributed by atoms with E-state index in [9.17, 15) is 4.57 Å². The molecule has 3 nitrogen and oxygen atoms in total. The molecule has 0 fully saturated rings. The molecule has 1 aromatic carbocycles. The van der Waals surface area contributed by atoms with Gasteiger partial charge in [0.15, 0.2) is 0 Å². The molecule has 0 aliphatic carbocycles. The van der Waals surface area contributed by atoms with Crippen LogP contribution in [-0.2, 0) is 11.0 Å². The molecule has 4 heteroatoms. The van der Waals surface area contributed by atoms with Gasteiger partial charge < -0.3 is 15.4 Å². The second-order valence-electron chi connectivity index (χ2n) is 4.13. The molecule has 84 valence electrons. The first-order valence-electron chi connectivity index (χ1n) is 4.95. The Morgan fingerprint density at radius 1 is 1.40 bits per heavy atom. The molecular weight excluding hydrogens is 209 g/mol. The van der Waals surface area contributed by atoms with E-state index in [4.69, 9.17) is 10.8 Å². The van der Waals surface area contributed by atoms with Gasteiger partial charge >= 0.3 is 0 Å². The molecule has 0 heterocycles. The standard InChI is InChI=1S/C11H18NO2P/c1-15(2,14)11-6-4-3-5-9(11)7-10(12)8-13/h3-6,10,13H,7-8,12H2,1-2H3.